The molecule has 0 bridgehead atoms. The molecule has 1 N–H and O–H groups in total. The standard InChI is InChI=1S/C13H16N2/c1-3-10(2)15-12-8-11-6-4-5-7-13(11)14-9-12/h4-10,15H,3H2,1-2H3. The fraction of sp³-hybridized carbons (Fsp3) is 0.308. The molecule has 0 aliphatic heterocycles. The third-order valence-electron chi connectivity index (χ3n) is 2.62. The molecule has 78 valence electrons. The molecule has 2 rings (SSSR count). The van der Waals surface area contributed by atoms with E-state index in [1.165, 1.54) is 5.39 Å². The number of rotatable bonds is 3. The summed E-state index contributed by atoms with van der Waals surface area (Å²) in [6.45, 7) is 4.35. The smallest absolute Gasteiger partial charge is 0.0703 e. The Morgan fingerprint density at radius 2 is 2.13 bits per heavy atom. The van der Waals surface area contributed by atoms with Crippen molar-refractivity contribution < 1.29 is 0 Å². The van der Waals surface area contributed by atoms with Crippen LogP contribution < -0.4 is 5.32 Å². The van der Waals surface area contributed by atoms with Crippen LogP contribution in [0.5, 0.6) is 0 Å². The summed E-state index contributed by atoms with van der Waals surface area (Å²) in [6, 6.07) is 10.8. The first-order chi connectivity index (χ1) is 7.29. The first-order valence-corrected chi connectivity index (χ1v) is 5.41. The average Bonchev–Trinajstić information content (AvgIpc) is 2.29. The number of para-hydroxylation sites is 1. The number of benzene rings is 1. The van der Waals surface area contributed by atoms with Gasteiger partial charge in [-0.2, -0.15) is 0 Å². The molecule has 1 aromatic carbocycles. The number of nitrogens with zero attached hydrogens (tertiary/aromatic N) is 1. The van der Waals surface area contributed by atoms with E-state index in [1.54, 1.807) is 0 Å². The number of aromatic nitrogens is 1. The molecule has 0 radical (unpaired) electrons. The second-order valence-corrected chi connectivity index (χ2v) is 3.87. The molecule has 2 heteroatoms. The van der Waals surface area contributed by atoms with Crippen molar-refractivity contribution in [2.24, 2.45) is 0 Å². The molecule has 1 aromatic heterocycles. The lowest BCUT2D eigenvalue weighted by atomic mass is 10.2. The number of nitrogens with one attached hydrogen (secondary N) is 1. The summed E-state index contributed by atoms with van der Waals surface area (Å²) in [5.74, 6) is 0. The molecular weight excluding hydrogens is 184 g/mol. The van der Waals surface area contributed by atoms with Gasteiger partial charge in [-0.05, 0) is 25.5 Å². The van der Waals surface area contributed by atoms with Crippen LogP contribution in [-0.2, 0) is 0 Å². The summed E-state index contributed by atoms with van der Waals surface area (Å²) in [5, 5.41) is 4.61. The lowest BCUT2D eigenvalue weighted by Gasteiger charge is -2.12. The normalized spacial score (nSPS) is 12.7. The second-order valence-electron chi connectivity index (χ2n) is 3.87. The summed E-state index contributed by atoms with van der Waals surface area (Å²) >= 11 is 0. The van der Waals surface area contributed by atoms with E-state index in [0.717, 1.165) is 17.6 Å². The van der Waals surface area contributed by atoms with Crippen molar-refractivity contribution in [1.82, 2.24) is 4.98 Å². The van der Waals surface area contributed by atoms with Crippen LogP contribution in [0.15, 0.2) is 36.5 Å². The molecule has 0 fully saturated rings. The predicted octanol–water partition coefficient (Wildman–Crippen LogP) is 3.45. The van der Waals surface area contributed by atoms with Crippen molar-refractivity contribution in [3.05, 3.63) is 36.5 Å². The van der Waals surface area contributed by atoms with Crippen molar-refractivity contribution in [1.29, 1.82) is 0 Å². The fourth-order valence-corrected chi connectivity index (χ4v) is 1.54. The van der Waals surface area contributed by atoms with Gasteiger partial charge in [-0.1, -0.05) is 25.1 Å². The molecule has 1 unspecified atom stereocenters. The zero-order valence-electron chi connectivity index (χ0n) is 9.20. The Morgan fingerprint density at radius 1 is 1.33 bits per heavy atom. The van der Waals surface area contributed by atoms with Gasteiger partial charge in [0.15, 0.2) is 0 Å². The second kappa shape index (κ2) is 4.30. The summed E-state index contributed by atoms with van der Waals surface area (Å²) in [4.78, 5) is 4.41. The molecule has 0 amide bonds. The summed E-state index contributed by atoms with van der Waals surface area (Å²) in [7, 11) is 0. The molecule has 1 atom stereocenters. The maximum absolute atomic E-state index is 4.41. The summed E-state index contributed by atoms with van der Waals surface area (Å²) in [5.41, 5.74) is 2.15. The number of anilines is 1. The molecule has 1 heterocycles. The molecular formula is C13H16N2. The Bertz CT molecular complexity index is 451. The molecule has 0 aliphatic carbocycles. The maximum atomic E-state index is 4.41. The molecule has 0 spiro atoms. The molecule has 2 nitrogen and oxygen atoms in total. The largest absolute Gasteiger partial charge is 0.381 e. The fourth-order valence-electron chi connectivity index (χ4n) is 1.54. The van der Waals surface area contributed by atoms with Gasteiger partial charge in [-0.15, -0.1) is 0 Å². The van der Waals surface area contributed by atoms with Crippen molar-refractivity contribution in [3.63, 3.8) is 0 Å². The van der Waals surface area contributed by atoms with Crippen molar-refractivity contribution in [3.8, 4) is 0 Å². The SMILES string of the molecule is CCC(C)Nc1cnc2ccccc2c1. The van der Waals surface area contributed by atoms with E-state index in [-0.39, 0.29) is 0 Å². The maximum Gasteiger partial charge on any atom is 0.0703 e. The van der Waals surface area contributed by atoms with Crippen LogP contribution in [0.4, 0.5) is 5.69 Å². The number of hydrogen-bond acceptors (Lipinski definition) is 2. The van der Waals surface area contributed by atoms with Gasteiger partial charge < -0.3 is 5.32 Å². The van der Waals surface area contributed by atoms with Crippen LogP contribution in [0.25, 0.3) is 10.9 Å². The zero-order valence-corrected chi connectivity index (χ0v) is 9.20. The van der Waals surface area contributed by atoms with Crippen LogP contribution in [0.2, 0.25) is 0 Å². The summed E-state index contributed by atoms with van der Waals surface area (Å²) < 4.78 is 0. The molecule has 0 saturated heterocycles. The molecule has 2 aromatic rings. The van der Waals surface area contributed by atoms with Gasteiger partial charge in [0.25, 0.3) is 0 Å². The monoisotopic (exact) mass is 200 g/mol. The highest BCUT2D eigenvalue weighted by Gasteiger charge is 2.00. The quantitative estimate of drug-likeness (QED) is 0.820. The third kappa shape index (κ3) is 2.27. The Kier molecular flexibility index (Phi) is 2.86. The van der Waals surface area contributed by atoms with E-state index in [2.05, 4.69) is 36.3 Å². The highest BCUT2D eigenvalue weighted by atomic mass is 14.9. The topological polar surface area (TPSA) is 24.9 Å². The van der Waals surface area contributed by atoms with Gasteiger partial charge in [-0.25, -0.2) is 0 Å². The minimum Gasteiger partial charge on any atom is -0.381 e. The van der Waals surface area contributed by atoms with Gasteiger partial charge in [0, 0.05) is 11.4 Å². The lowest BCUT2D eigenvalue weighted by molar-refractivity contribution is 0.764. The van der Waals surface area contributed by atoms with Crippen molar-refractivity contribution in [2.75, 3.05) is 5.32 Å². The first-order valence-electron chi connectivity index (χ1n) is 5.41. The van der Waals surface area contributed by atoms with Crippen LogP contribution in [0.1, 0.15) is 20.3 Å². The Morgan fingerprint density at radius 3 is 2.93 bits per heavy atom. The minimum atomic E-state index is 0.493. The molecule has 0 aliphatic rings. The first kappa shape index (κ1) is 9.97. The van der Waals surface area contributed by atoms with Gasteiger partial charge in [0.2, 0.25) is 0 Å². The Hall–Kier alpha value is -1.57. The van der Waals surface area contributed by atoms with Crippen molar-refractivity contribution >= 4 is 16.6 Å². The van der Waals surface area contributed by atoms with Crippen LogP contribution >= 0.6 is 0 Å². The van der Waals surface area contributed by atoms with E-state index >= 15 is 0 Å². The van der Waals surface area contributed by atoms with E-state index in [4.69, 9.17) is 0 Å². The Balaban J connectivity index is 2.30. The van der Waals surface area contributed by atoms with Gasteiger partial charge in [0.1, 0.15) is 0 Å². The number of pyridine rings is 1. The average molecular weight is 200 g/mol. The molecule has 15 heavy (non-hydrogen) atoms. The van der Waals surface area contributed by atoms with Crippen LogP contribution in [0, 0.1) is 0 Å². The number of hydrogen-bond donors (Lipinski definition) is 1. The van der Waals surface area contributed by atoms with Gasteiger partial charge >= 0.3 is 0 Å². The third-order valence-corrected chi connectivity index (χ3v) is 2.62. The zero-order chi connectivity index (χ0) is 10.7. The summed E-state index contributed by atoms with van der Waals surface area (Å²) in [6.07, 6.45) is 3.02. The number of fused-ring (bicyclic) bond motifs is 1. The van der Waals surface area contributed by atoms with E-state index in [0.29, 0.717) is 6.04 Å². The lowest BCUT2D eigenvalue weighted by Crippen LogP contribution is -2.13. The minimum absolute atomic E-state index is 0.493. The Labute approximate surface area is 90.3 Å². The predicted molar refractivity (Wildman–Crippen MR) is 65.1 cm³/mol. The van der Waals surface area contributed by atoms with Crippen molar-refractivity contribution in [2.45, 2.75) is 26.3 Å². The highest BCUT2D eigenvalue weighted by molar-refractivity contribution is 5.81. The van der Waals surface area contributed by atoms with Gasteiger partial charge in [-0.3, -0.25) is 4.98 Å². The molecule has 0 saturated carbocycles. The van der Waals surface area contributed by atoms with Crippen LogP contribution in [0.3, 0.4) is 0 Å². The van der Waals surface area contributed by atoms with Gasteiger partial charge in [0.05, 0.1) is 17.4 Å². The highest BCUT2D eigenvalue weighted by Crippen LogP contribution is 2.16. The van der Waals surface area contributed by atoms with E-state index in [9.17, 15) is 0 Å². The van der Waals surface area contributed by atoms with E-state index in [1.807, 2.05) is 24.4 Å². The van der Waals surface area contributed by atoms with Crippen LogP contribution in [-0.4, -0.2) is 11.0 Å². The van der Waals surface area contributed by atoms with E-state index < -0.39 is 0 Å².